The van der Waals surface area contributed by atoms with Crippen LogP contribution in [0.1, 0.15) is 51.1 Å². The van der Waals surface area contributed by atoms with E-state index in [2.05, 4.69) is 21.3 Å². The van der Waals surface area contributed by atoms with Crippen LogP contribution in [0, 0.1) is 0 Å². The molecule has 4 aromatic carbocycles. The van der Waals surface area contributed by atoms with Crippen molar-refractivity contribution >= 4 is 46.4 Å². The first kappa shape index (κ1) is 34.2. The van der Waals surface area contributed by atoms with E-state index in [-0.39, 0.29) is 41.8 Å². The van der Waals surface area contributed by atoms with E-state index >= 15 is 0 Å². The maximum atomic E-state index is 12.9. The SMILES string of the molecule is O=C(CCCC(=O)Nc1ccc(C(=O)Nc2cccc(C(F)(F)F)c2)cc1)Nc1ccc(C(=O)Nc2cccc(C(F)(F)F)c2)cc1. The molecule has 0 spiro atoms. The smallest absolute Gasteiger partial charge is 0.326 e. The second kappa shape index (κ2) is 14.6. The number of anilines is 4. The van der Waals surface area contributed by atoms with Crippen molar-refractivity contribution in [1.82, 2.24) is 0 Å². The van der Waals surface area contributed by atoms with Crippen molar-refractivity contribution < 1.29 is 45.5 Å². The number of hydrogen-bond acceptors (Lipinski definition) is 4. The number of rotatable bonds is 10. The molecule has 4 amide bonds. The lowest BCUT2D eigenvalue weighted by Crippen LogP contribution is -2.16. The van der Waals surface area contributed by atoms with E-state index in [9.17, 15) is 45.5 Å². The number of hydrogen-bond donors (Lipinski definition) is 4. The van der Waals surface area contributed by atoms with Crippen LogP contribution in [0.4, 0.5) is 49.1 Å². The first-order chi connectivity index (χ1) is 22.2. The van der Waals surface area contributed by atoms with Gasteiger partial charge in [-0.15, -0.1) is 0 Å². The molecule has 0 fully saturated rings. The van der Waals surface area contributed by atoms with E-state index in [0.29, 0.717) is 11.4 Å². The Hall–Kier alpha value is -5.66. The molecule has 0 atom stereocenters. The molecule has 8 nitrogen and oxygen atoms in total. The van der Waals surface area contributed by atoms with Crippen LogP contribution in [0.15, 0.2) is 97.1 Å². The zero-order valence-electron chi connectivity index (χ0n) is 24.3. The zero-order valence-corrected chi connectivity index (χ0v) is 24.3. The number of benzene rings is 4. The predicted octanol–water partition coefficient (Wildman–Crippen LogP) is 7.98. The van der Waals surface area contributed by atoms with Gasteiger partial charge in [0.1, 0.15) is 0 Å². The van der Waals surface area contributed by atoms with Gasteiger partial charge in [0.2, 0.25) is 11.8 Å². The molecule has 0 aliphatic heterocycles. The fourth-order valence-corrected chi connectivity index (χ4v) is 4.22. The average Bonchev–Trinajstić information content (AvgIpc) is 3.01. The molecular weight excluding hydrogens is 630 g/mol. The molecule has 4 N–H and O–H groups in total. The Bertz CT molecular complexity index is 1630. The number of carbonyl (C=O) groups is 4. The van der Waals surface area contributed by atoms with Crippen molar-refractivity contribution in [3.63, 3.8) is 0 Å². The maximum absolute atomic E-state index is 12.9. The number of halogens is 6. The lowest BCUT2D eigenvalue weighted by molar-refractivity contribution is -0.138. The van der Waals surface area contributed by atoms with Crippen molar-refractivity contribution in [3.05, 3.63) is 119 Å². The third-order valence-electron chi connectivity index (χ3n) is 6.56. The molecule has 0 unspecified atom stereocenters. The van der Waals surface area contributed by atoms with Crippen molar-refractivity contribution in [2.24, 2.45) is 0 Å². The third-order valence-corrected chi connectivity index (χ3v) is 6.56. The highest BCUT2D eigenvalue weighted by Crippen LogP contribution is 2.32. The topological polar surface area (TPSA) is 116 Å². The van der Waals surface area contributed by atoms with Crippen LogP contribution in [0.3, 0.4) is 0 Å². The molecular formula is C33H26F6N4O4. The Balaban J connectivity index is 1.19. The summed E-state index contributed by atoms with van der Waals surface area (Å²) in [5.41, 5.74) is -0.805. The summed E-state index contributed by atoms with van der Waals surface area (Å²) in [6.07, 6.45) is -8.90. The molecule has 0 aromatic heterocycles. The monoisotopic (exact) mass is 656 g/mol. The van der Waals surface area contributed by atoms with Gasteiger partial charge in [0.15, 0.2) is 0 Å². The van der Waals surface area contributed by atoms with Gasteiger partial charge in [-0.05, 0) is 91.3 Å². The summed E-state index contributed by atoms with van der Waals surface area (Å²) in [5.74, 6) is -2.06. The van der Waals surface area contributed by atoms with E-state index in [1.165, 1.54) is 72.8 Å². The zero-order chi connectivity index (χ0) is 34.2. The molecule has 0 heterocycles. The summed E-state index contributed by atoms with van der Waals surface area (Å²) >= 11 is 0. The second-order valence-corrected chi connectivity index (χ2v) is 10.2. The Kier molecular flexibility index (Phi) is 10.6. The molecule has 0 radical (unpaired) electrons. The van der Waals surface area contributed by atoms with Crippen molar-refractivity contribution in [2.75, 3.05) is 21.3 Å². The van der Waals surface area contributed by atoms with Gasteiger partial charge in [0, 0.05) is 46.7 Å². The van der Waals surface area contributed by atoms with E-state index in [0.717, 1.165) is 24.3 Å². The van der Waals surface area contributed by atoms with Crippen LogP contribution in [0.25, 0.3) is 0 Å². The van der Waals surface area contributed by atoms with Gasteiger partial charge in [-0.25, -0.2) is 0 Å². The van der Waals surface area contributed by atoms with Crippen LogP contribution < -0.4 is 21.3 Å². The summed E-state index contributed by atoms with van der Waals surface area (Å²) in [6.45, 7) is 0. The minimum Gasteiger partial charge on any atom is -0.326 e. The fraction of sp³-hybridized carbons (Fsp3) is 0.152. The van der Waals surface area contributed by atoms with Gasteiger partial charge in [-0.2, -0.15) is 26.3 Å². The van der Waals surface area contributed by atoms with Crippen molar-refractivity contribution in [3.8, 4) is 0 Å². The lowest BCUT2D eigenvalue weighted by Gasteiger charge is -2.11. The summed E-state index contributed by atoms with van der Waals surface area (Å²) in [5, 5.41) is 10.0. The third kappa shape index (κ3) is 10.2. The second-order valence-electron chi connectivity index (χ2n) is 10.2. The Morgan fingerprint density at radius 3 is 1.17 bits per heavy atom. The summed E-state index contributed by atoms with van der Waals surface area (Å²) in [6, 6.07) is 19.8. The predicted molar refractivity (Wildman–Crippen MR) is 163 cm³/mol. The van der Waals surface area contributed by atoms with Crippen LogP contribution >= 0.6 is 0 Å². The van der Waals surface area contributed by atoms with Crippen LogP contribution in [0.2, 0.25) is 0 Å². The first-order valence-electron chi connectivity index (χ1n) is 13.9. The van der Waals surface area contributed by atoms with Gasteiger partial charge in [-0.1, -0.05) is 12.1 Å². The Morgan fingerprint density at radius 1 is 0.468 bits per heavy atom. The summed E-state index contributed by atoms with van der Waals surface area (Å²) < 4.78 is 77.4. The van der Waals surface area contributed by atoms with E-state index in [1.807, 2.05) is 0 Å². The highest BCUT2D eigenvalue weighted by Gasteiger charge is 2.31. The summed E-state index contributed by atoms with van der Waals surface area (Å²) in [7, 11) is 0. The average molecular weight is 657 g/mol. The molecule has 0 aliphatic rings. The standard InChI is InChI=1S/C33H26F6N4O4/c34-32(35,36)22-4-1-6-26(18-22)42-30(46)20-10-14-24(15-11-20)40-28(44)8-3-9-29(45)41-25-16-12-21(13-17-25)31(47)43-27-7-2-5-23(19-27)33(37,38)39/h1-2,4-7,10-19H,3,8-9H2,(H,40,44)(H,41,45)(H,42,46)(H,43,47). The van der Waals surface area contributed by atoms with Crippen LogP contribution in [-0.4, -0.2) is 23.6 Å². The number of alkyl halides is 6. The van der Waals surface area contributed by atoms with E-state index in [1.54, 1.807) is 0 Å². The van der Waals surface area contributed by atoms with Gasteiger partial charge in [0.25, 0.3) is 11.8 Å². The molecule has 4 aromatic rings. The van der Waals surface area contributed by atoms with E-state index < -0.39 is 47.1 Å². The summed E-state index contributed by atoms with van der Waals surface area (Å²) in [4.78, 5) is 49.5. The minimum atomic E-state index is -4.55. The molecule has 0 saturated carbocycles. The van der Waals surface area contributed by atoms with Gasteiger partial charge in [0.05, 0.1) is 11.1 Å². The quantitative estimate of drug-likeness (QED) is 0.130. The largest absolute Gasteiger partial charge is 0.416 e. The maximum Gasteiger partial charge on any atom is 0.416 e. The van der Waals surface area contributed by atoms with Gasteiger partial charge < -0.3 is 21.3 Å². The molecule has 0 saturated heterocycles. The van der Waals surface area contributed by atoms with Gasteiger partial charge >= 0.3 is 12.4 Å². The van der Waals surface area contributed by atoms with Gasteiger partial charge in [-0.3, -0.25) is 19.2 Å². The number of amides is 4. The van der Waals surface area contributed by atoms with Crippen LogP contribution in [-0.2, 0) is 21.9 Å². The van der Waals surface area contributed by atoms with Crippen molar-refractivity contribution in [1.29, 1.82) is 0 Å². The molecule has 47 heavy (non-hydrogen) atoms. The Morgan fingerprint density at radius 2 is 0.830 bits per heavy atom. The number of carbonyl (C=O) groups excluding carboxylic acids is 4. The highest BCUT2D eigenvalue weighted by atomic mass is 19.4. The highest BCUT2D eigenvalue weighted by molar-refractivity contribution is 6.05. The molecule has 14 heteroatoms. The minimum absolute atomic E-state index is 0.000147. The molecule has 0 aliphatic carbocycles. The lowest BCUT2D eigenvalue weighted by atomic mass is 10.1. The van der Waals surface area contributed by atoms with Crippen molar-refractivity contribution in [2.45, 2.75) is 31.6 Å². The first-order valence-corrected chi connectivity index (χ1v) is 13.9. The molecule has 244 valence electrons. The normalized spacial score (nSPS) is 11.4. The number of nitrogens with one attached hydrogen (secondary N) is 4. The van der Waals surface area contributed by atoms with Crippen LogP contribution in [0.5, 0.6) is 0 Å². The van der Waals surface area contributed by atoms with E-state index in [4.69, 9.17) is 0 Å². The molecule has 4 rings (SSSR count). The Labute approximate surface area is 264 Å². The molecule has 0 bridgehead atoms. The fourth-order valence-electron chi connectivity index (χ4n) is 4.22.